The van der Waals surface area contributed by atoms with Gasteiger partial charge < -0.3 is 9.73 Å². The van der Waals surface area contributed by atoms with Crippen molar-refractivity contribution in [2.24, 2.45) is 0 Å². The van der Waals surface area contributed by atoms with Crippen molar-refractivity contribution < 1.29 is 4.42 Å². The van der Waals surface area contributed by atoms with E-state index in [1.807, 2.05) is 19.2 Å². The molecule has 1 N–H and O–H groups in total. The highest BCUT2D eigenvalue weighted by atomic mass is 16.3. The third-order valence-corrected chi connectivity index (χ3v) is 2.19. The SMILES string of the molecule is CNCCC(C)(C)c1ccco1. The Morgan fingerprint density at radius 3 is 2.75 bits per heavy atom. The molecular formula is C10H17NO. The van der Waals surface area contributed by atoms with Crippen LogP contribution in [0.3, 0.4) is 0 Å². The van der Waals surface area contributed by atoms with Gasteiger partial charge in [-0.05, 0) is 32.1 Å². The molecule has 1 rings (SSSR count). The van der Waals surface area contributed by atoms with Crippen LogP contribution in [0.25, 0.3) is 0 Å². The molecule has 12 heavy (non-hydrogen) atoms. The van der Waals surface area contributed by atoms with Crippen molar-refractivity contribution in [2.45, 2.75) is 25.7 Å². The summed E-state index contributed by atoms with van der Waals surface area (Å²) in [5.41, 5.74) is 0.145. The standard InChI is InChI=1S/C10H17NO/c1-10(2,6-7-11-3)9-5-4-8-12-9/h4-5,8,11H,6-7H2,1-3H3. The van der Waals surface area contributed by atoms with Gasteiger partial charge in [0.2, 0.25) is 0 Å². The van der Waals surface area contributed by atoms with Crippen LogP contribution in [0.4, 0.5) is 0 Å². The van der Waals surface area contributed by atoms with Gasteiger partial charge in [-0.3, -0.25) is 0 Å². The van der Waals surface area contributed by atoms with Gasteiger partial charge in [0.05, 0.1) is 6.26 Å². The summed E-state index contributed by atoms with van der Waals surface area (Å²) in [5.74, 6) is 1.07. The first-order chi connectivity index (χ1) is 5.67. The van der Waals surface area contributed by atoms with Crippen molar-refractivity contribution in [3.63, 3.8) is 0 Å². The molecule has 0 unspecified atom stereocenters. The van der Waals surface area contributed by atoms with Gasteiger partial charge in [0, 0.05) is 5.41 Å². The fourth-order valence-corrected chi connectivity index (χ4v) is 1.22. The molecule has 0 saturated carbocycles. The van der Waals surface area contributed by atoms with E-state index in [0.29, 0.717) is 0 Å². The van der Waals surface area contributed by atoms with Crippen LogP contribution in [0.15, 0.2) is 22.8 Å². The lowest BCUT2D eigenvalue weighted by Crippen LogP contribution is -2.22. The summed E-state index contributed by atoms with van der Waals surface area (Å²) in [6.45, 7) is 5.42. The van der Waals surface area contributed by atoms with E-state index < -0.39 is 0 Å². The van der Waals surface area contributed by atoms with E-state index in [0.717, 1.165) is 18.7 Å². The van der Waals surface area contributed by atoms with Crippen LogP contribution in [-0.4, -0.2) is 13.6 Å². The van der Waals surface area contributed by atoms with Crippen molar-refractivity contribution in [3.05, 3.63) is 24.2 Å². The Labute approximate surface area is 74.0 Å². The van der Waals surface area contributed by atoms with Gasteiger partial charge >= 0.3 is 0 Å². The van der Waals surface area contributed by atoms with E-state index in [1.165, 1.54) is 0 Å². The van der Waals surface area contributed by atoms with Gasteiger partial charge in [-0.2, -0.15) is 0 Å². The first-order valence-corrected chi connectivity index (χ1v) is 4.35. The Kier molecular flexibility index (Phi) is 2.93. The van der Waals surface area contributed by atoms with Crippen LogP contribution in [0.5, 0.6) is 0 Å². The average Bonchev–Trinajstić information content (AvgIpc) is 2.53. The van der Waals surface area contributed by atoms with Gasteiger partial charge in [0.25, 0.3) is 0 Å². The summed E-state index contributed by atoms with van der Waals surface area (Å²) in [6.07, 6.45) is 2.83. The normalized spacial score (nSPS) is 11.9. The number of hydrogen-bond donors (Lipinski definition) is 1. The first kappa shape index (κ1) is 9.33. The number of nitrogens with one attached hydrogen (secondary N) is 1. The van der Waals surface area contributed by atoms with Crippen LogP contribution in [-0.2, 0) is 5.41 Å². The maximum absolute atomic E-state index is 5.37. The van der Waals surface area contributed by atoms with Gasteiger partial charge in [0.15, 0.2) is 0 Å². The van der Waals surface area contributed by atoms with E-state index in [1.54, 1.807) is 6.26 Å². The minimum Gasteiger partial charge on any atom is -0.469 e. The predicted molar refractivity (Wildman–Crippen MR) is 50.3 cm³/mol. The van der Waals surface area contributed by atoms with Crippen LogP contribution >= 0.6 is 0 Å². The fraction of sp³-hybridized carbons (Fsp3) is 0.600. The van der Waals surface area contributed by atoms with Gasteiger partial charge in [-0.25, -0.2) is 0 Å². The molecule has 0 bridgehead atoms. The molecular weight excluding hydrogens is 150 g/mol. The molecule has 68 valence electrons. The van der Waals surface area contributed by atoms with Crippen LogP contribution in [0.2, 0.25) is 0 Å². The molecule has 0 fully saturated rings. The van der Waals surface area contributed by atoms with Crippen molar-refractivity contribution in [1.29, 1.82) is 0 Å². The van der Waals surface area contributed by atoms with Crippen LogP contribution in [0, 0.1) is 0 Å². The van der Waals surface area contributed by atoms with Crippen molar-refractivity contribution in [1.82, 2.24) is 5.32 Å². The second kappa shape index (κ2) is 3.76. The first-order valence-electron chi connectivity index (χ1n) is 4.35. The summed E-state index contributed by atoms with van der Waals surface area (Å²) >= 11 is 0. The topological polar surface area (TPSA) is 25.2 Å². The van der Waals surface area contributed by atoms with E-state index in [2.05, 4.69) is 19.2 Å². The van der Waals surface area contributed by atoms with Crippen LogP contribution < -0.4 is 5.32 Å². The highest BCUT2D eigenvalue weighted by Crippen LogP contribution is 2.26. The van der Waals surface area contributed by atoms with Gasteiger partial charge in [0.1, 0.15) is 5.76 Å². The van der Waals surface area contributed by atoms with Gasteiger partial charge in [-0.1, -0.05) is 13.8 Å². The Morgan fingerprint density at radius 1 is 1.50 bits per heavy atom. The highest BCUT2D eigenvalue weighted by Gasteiger charge is 2.22. The number of hydrogen-bond acceptors (Lipinski definition) is 2. The molecule has 1 aromatic rings. The molecule has 0 aromatic carbocycles. The van der Waals surface area contributed by atoms with Gasteiger partial charge in [-0.15, -0.1) is 0 Å². The molecule has 1 aromatic heterocycles. The second-order valence-corrected chi connectivity index (χ2v) is 3.71. The van der Waals surface area contributed by atoms with E-state index >= 15 is 0 Å². The molecule has 0 saturated heterocycles. The zero-order chi connectivity index (χ0) is 9.03. The Morgan fingerprint density at radius 2 is 2.25 bits per heavy atom. The van der Waals surface area contributed by atoms with Crippen molar-refractivity contribution in [2.75, 3.05) is 13.6 Å². The number of furan rings is 1. The zero-order valence-corrected chi connectivity index (χ0v) is 8.05. The van der Waals surface area contributed by atoms with Crippen molar-refractivity contribution >= 4 is 0 Å². The lowest BCUT2D eigenvalue weighted by molar-refractivity contribution is 0.361. The summed E-state index contributed by atoms with van der Waals surface area (Å²) in [4.78, 5) is 0. The zero-order valence-electron chi connectivity index (χ0n) is 8.05. The van der Waals surface area contributed by atoms with Crippen molar-refractivity contribution in [3.8, 4) is 0 Å². The largest absolute Gasteiger partial charge is 0.469 e. The molecule has 2 heteroatoms. The fourth-order valence-electron chi connectivity index (χ4n) is 1.22. The quantitative estimate of drug-likeness (QED) is 0.743. The smallest absolute Gasteiger partial charge is 0.109 e. The maximum Gasteiger partial charge on any atom is 0.109 e. The molecule has 2 nitrogen and oxygen atoms in total. The van der Waals surface area contributed by atoms with E-state index in [-0.39, 0.29) is 5.41 Å². The summed E-state index contributed by atoms with van der Waals surface area (Å²) in [7, 11) is 1.97. The molecule has 0 aliphatic carbocycles. The third-order valence-electron chi connectivity index (χ3n) is 2.19. The summed E-state index contributed by atoms with van der Waals surface area (Å²) < 4.78 is 5.37. The van der Waals surface area contributed by atoms with E-state index in [4.69, 9.17) is 4.42 Å². The van der Waals surface area contributed by atoms with Crippen LogP contribution in [0.1, 0.15) is 26.0 Å². The monoisotopic (exact) mass is 167 g/mol. The Balaban J connectivity index is 2.59. The summed E-state index contributed by atoms with van der Waals surface area (Å²) in [6, 6.07) is 3.98. The minimum absolute atomic E-state index is 0.145. The Hall–Kier alpha value is -0.760. The Bertz CT molecular complexity index is 214. The molecule has 0 radical (unpaired) electrons. The second-order valence-electron chi connectivity index (χ2n) is 3.71. The highest BCUT2D eigenvalue weighted by molar-refractivity contribution is 5.10. The summed E-state index contributed by atoms with van der Waals surface area (Å²) in [5, 5.41) is 3.14. The predicted octanol–water partition coefficient (Wildman–Crippen LogP) is 2.17. The average molecular weight is 167 g/mol. The molecule has 1 heterocycles. The molecule has 0 amide bonds. The molecule has 0 aliphatic heterocycles. The maximum atomic E-state index is 5.37. The lowest BCUT2D eigenvalue weighted by atomic mass is 9.86. The molecule has 0 spiro atoms. The third kappa shape index (κ3) is 2.11. The lowest BCUT2D eigenvalue weighted by Gasteiger charge is -2.21. The number of rotatable bonds is 4. The molecule has 0 atom stereocenters. The minimum atomic E-state index is 0.145. The molecule has 0 aliphatic rings. The van der Waals surface area contributed by atoms with E-state index in [9.17, 15) is 0 Å².